The maximum atomic E-state index is 13.1. The van der Waals surface area contributed by atoms with E-state index < -0.39 is 0 Å². The molecule has 0 spiro atoms. The van der Waals surface area contributed by atoms with Crippen LogP contribution < -0.4 is 4.74 Å². The molecular formula is C12H12ClFO. The van der Waals surface area contributed by atoms with E-state index in [4.69, 9.17) is 16.3 Å². The van der Waals surface area contributed by atoms with Crippen molar-refractivity contribution in [2.24, 2.45) is 0 Å². The van der Waals surface area contributed by atoms with E-state index in [2.05, 4.69) is 11.8 Å². The summed E-state index contributed by atoms with van der Waals surface area (Å²) < 4.78 is 18.4. The Kier molecular flexibility index (Phi) is 5.00. The molecule has 0 aromatic heterocycles. The first-order valence-electron chi connectivity index (χ1n) is 4.74. The first-order chi connectivity index (χ1) is 7.26. The van der Waals surface area contributed by atoms with Crippen LogP contribution >= 0.6 is 11.6 Å². The molecule has 0 N–H and O–H groups in total. The highest BCUT2D eigenvalue weighted by molar-refractivity contribution is 6.19. The predicted molar refractivity (Wildman–Crippen MR) is 59.8 cm³/mol. The lowest BCUT2D eigenvalue weighted by atomic mass is 10.2. The van der Waals surface area contributed by atoms with Crippen LogP contribution in [0.1, 0.15) is 18.9 Å². The monoisotopic (exact) mass is 226 g/mol. The second-order valence-electron chi connectivity index (χ2n) is 2.96. The summed E-state index contributed by atoms with van der Waals surface area (Å²) in [5.41, 5.74) is 0.585. The van der Waals surface area contributed by atoms with Gasteiger partial charge in [0.15, 0.2) is 0 Å². The molecule has 3 heteroatoms. The van der Waals surface area contributed by atoms with Crippen molar-refractivity contribution in [1.82, 2.24) is 0 Å². The van der Waals surface area contributed by atoms with Crippen molar-refractivity contribution in [2.45, 2.75) is 13.3 Å². The molecule has 0 saturated carbocycles. The van der Waals surface area contributed by atoms with Gasteiger partial charge in [-0.15, -0.1) is 11.6 Å². The van der Waals surface area contributed by atoms with Gasteiger partial charge >= 0.3 is 0 Å². The van der Waals surface area contributed by atoms with Crippen molar-refractivity contribution >= 4 is 11.6 Å². The Morgan fingerprint density at radius 3 is 2.87 bits per heavy atom. The summed E-state index contributed by atoms with van der Waals surface area (Å²) >= 11 is 5.42. The number of ether oxygens (including phenoxy) is 1. The maximum Gasteiger partial charge on any atom is 0.128 e. The third-order valence-corrected chi connectivity index (χ3v) is 1.78. The molecule has 0 heterocycles. The van der Waals surface area contributed by atoms with Crippen molar-refractivity contribution < 1.29 is 9.13 Å². The highest BCUT2D eigenvalue weighted by Gasteiger charge is 1.99. The molecule has 1 aromatic carbocycles. The molecule has 0 saturated heterocycles. The first kappa shape index (κ1) is 11.9. The van der Waals surface area contributed by atoms with Gasteiger partial charge in [0.05, 0.1) is 12.5 Å². The SMILES string of the molecule is CCCOc1cc(F)cc(C#CCCl)c1. The summed E-state index contributed by atoms with van der Waals surface area (Å²) in [4.78, 5) is 0. The Morgan fingerprint density at radius 2 is 2.20 bits per heavy atom. The predicted octanol–water partition coefficient (Wildman–Crippen LogP) is 3.20. The van der Waals surface area contributed by atoms with E-state index in [0.29, 0.717) is 17.9 Å². The summed E-state index contributed by atoms with van der Waals surface area (Å²) in [5.74, 6) is 5.82. The van der Waals surface area contributed by atoms with Gasteiger partial charge in [-0.1, -0.05) is 18.8 Å². The molecule has 0 aliphatic carbocycles. The summed E-state index contributed by atoms with van der Waals surface area (Å²) in [6, 6.07) is 4.41. The fraction of sp³-hybridized carbons (Fsp3) is 0.333. The number of hydrogen-bond donors (Lipinski definition) is 0. The van der Waals surface area contributed by atoms with E-state index in [1.54, 1.807) is 6.07 Å². The molecule has 1 rings (SSSR count). The molecule has 15 heavy (non-hydrogen) atoms. The van der Waals surface area contributed by atoms with Crippen LogP contribution in [0.3, 0.4) is 0 Å². The van der Waals surface area contributed by atoms with E-state index in [1.807, 2.05) is 6.92 Å². The van der Waals surface area contributed by atoms with Crippen LogP contribution in [0.25, 0.3) is 0 Å². The molecule has 0 aliphatic rings. The Labute approximate surface area is 94.2 Å². The van der Waals surface area contributed by atoms with Crippen LogP contribution in [0.15, 0.2) is 18.2 Å². The van der Waals surface area contributed by atoms with Gasteiger partial charge in [-0.2, -0.15) is 0 Å². The lowest BCUT2D eigenvalue weighted by Crippen LogP contribution is -1.96. The molecule has 0 unspecified atom stereocenters. The lowest BCUT2D eigenvalue weighted by molar-refractivity contribution is 0.315. The van der Waals surface area contributed by atoms with Crippen LogP contribution in [0.5, 0.6) is 5.75 Å². The minimum Gasteiger partial charge on any atom is -0.493 e. The topological polar surface area (TPSA) is 9.23 Å². The van der Waals surface area contributed by atoms with Gasteiger partial charge in [0.25, 0.3) is 0 Å². The average molecular weight is 227 g/mol. The van der Waals surface area contributed by atoms with Crippen molar-refractivity contribution in [1.29, 1.82) is 0 Å². The molecule has 0 amide bonds. The zero-order valence-electron chi connectivity index (χ0n) is 8.52. The summed E-state index contributed by atoms with van der Waals surface area (Å²) in [7, 11) is 0. The maximum absolute atomic E-state index is 13.1. The van der Waals surface area contributed by atoms with Gasteiger partial charge in [-0.05, 0) is 18.6 Å². The normalized spacial score (nSPS) is 9.27. The minimum atomic E-state index is -0.345. The lowest BCUT2D eigenvalue weighted by Gasteiger charge is -2.04. The van der Waals surface area contributed by atoms with Crippen LogP contribution in [0.4, 0.5) is 4.39 Å². The van der Waals surface area contributed by atoms with Gasteiger partial charge < -0.3 is 4.74 Å². The zero-order valence-corrected chi connectivity index (χ0v) is 9.27. The highest BCUT2D eigenvalue weighted by Crippen LogP contribution is 2.16. The van der Waals surface area contributed by atoms with E-state index >= 15 is 0 Å². The molecule has 0 bridgehead atoms. The largest absolute Gasteiger partial charge is 0.493 e. The van der Waals surface area contributed by atoms with Crippen LogP contribution in [0.2, 0.25) is 0 Å². The minimum absolute atomic E-state index is 0.238. The van der Waals surface area contributed by atoms with E-state index in [9.17, 15) is 4.39 Å². The fourth-order valence-electron chi connectivity index (χ4n) is 1.07. The Bertz CT molecular complexity index is 379. The molecular weight excluding hydrogens is 215 g/mol. The molecule has 1 nitrogen and oxygen atoms in total. The van der Waals surface area contributed by atoms with Crippen LogP contribution in [-0.4, -0.2) is 12.5 Å². The molecule has 80 valence electrons. The standard InChI is InChI=1S/C12H12ClFO/c1-2-6-15-12-8-10(4-3-5-13)7-11(14)9-12/h7-9H,2,5-6H2,1H3. The summed E-state index contributed by atoms with van der Waals surface area (Å²) in [6.45, 7) is 2.57. The molecule has 0 radical (unpaired) electrons. The summed E-state index contributed by atoms with van der Waals surface area (Å²) in [5, 5.41) is 0. The third-order valence-electron chi connectivity index (χ3n) is 1.64. The van der Waals surface area contributed by atoms with E-state index in [1.165, 1.54) is 12.1 Å². The Balaban J connectivity index is 2.84. The second kappa shape index (κ2) is 6.31. The first-order valence-corrected chi connectivity index (χ1v) is 5.28. The van der Waals surface area contributed by atoms with Gasteiger partial charge in [0.1, 0.15) is 11.6 Å². The molecule has 0 aliphatic heterocycles. The molecule has 0 atom stereocenters. The quantitative estimate of drug-likeness (QED) is 0.568. The van der Waals surface area contributed by atoms with Gasteiger partial charge in [0, 0.05) is 11.6 Å². The number of alkyl halides is 1. The zero-order chi connectivity index (χ0) is 11.1. The number of halogens is 2. The van der Waals surface area contributed by atoms with Gasteiger partial charge in [-0.25, -0.2) is 4.39 Å². The van der Waals surface area contributed by atoms with Gasteiger partial charge in [-0.3, -0.25) is 0 Å². The van der Waals surface area contributed by atoms with Crippen molar-refractivity contribution in [3.8, 4) is 17.6 Å². The summed E-state index contributed by atoms with van der Waals surface area (Å²) in [6.07, 6.45) is 0.888. The third kappa shape index (κ3) is 4.22. The van der Waals surface area contributed by atoms with Gasteiger partial charge in [0.2, 0.25) is 0 Å². The number of benzene rings is 1. The van der Waals surface area contributed by atoms with Crippen LogP contribution in [-0.2, 0) is 0 Å². The van der Waals surface area contributed by atoms with E-state index in [0.717, 1.165) is 6.42 Å². The molecule has 0 fully saturated rings. The smallest absolute Gasteiger partial charge is 0.128 e. The van der Waals surface area contributed by atoms with Crippen molar-refractivity contribution in [2.75, 3.05) is 12.5 Å². The molecule has 1 aromatic rings. The number of rotatable bonds is 3. The van der Waals surface area contributed by atoms with Crippen LogP contribution in [0, 0.1) is 17.7 Å². The van der Waals surface area contributed by atoms with Crippen molar-refractivity contribution in [3.63, 3.8) is 0 Å². The number of hydrogen-bond acceptors (Lipinski definition) is 1. The average Bonchev–Trinajstić information content (AvgIpc) is 2.23. The highest BCUT2D eigenvalue weighted by atomic mass is 35.5. The Hall–Kier alpha value is -1.20. The second-order valence-corrected chi connectivity index (χ2v) is 3.23. The fourth-order valence-corrected chi connectivity index (χ4v) is 1.14. The Morgan fingerprint density at radius 1 is 1.40 bits per heavy atom. The van der Waals surface area contributed by atoms with Crippen molar-refractivity contribution in [3.05, 3.63) is 29.6 Å². The van der Waals surface area contributed by atoms with E-state index in [-0.39, 0.29) is 11.7 Å².